The summed E-state index contributed by atoms with van der Waals surface area (Å²) < 4.78 is 2.48. The Bertz CT molecular complexity index is 562. The zero-order chi connectivity index (χ0) is 12.6. The first-order valence-electron chi connectivity index (χ1n) is 6.10. The van der Waals surface area contributed by atoms with Crippen molar-refractivity contribution >= 4 is 29.0 Å². The molecule has 1 fully saturated rings. The highest BCUT2D eigenvalue weighted by Gasteiger charge is 2.41. The van der Waals surface area contributed by atoms with Crippen LogP contribution in [0.1, 0.15) is 18.5 Å². The summed E-state index contributed by atoms with van der Waals surface area (Å²) >= 11 is 7.93. The van der Waals surface area contributed by atoms with Gasteiger partial charge in [-0.15, -0.1) is 0 Å². The molecule has 3 rings (SSSR count). The average molecular weight is 282 g/mol. The fraction of sp³-hybridized carbons (Fsp3) is 0.462. The molecule has 1 aliphatic rings. The smallest absolute Gasteiger partial charge is 0.137 e. The van der Waals surface area contributed by atoms with E-state index < -0.39 is 0 Å². The van der Waals surface area contributed by atoms with Gasteiger partial charge in [-0.05, 0) is 31.2 Å². The van der Waals surface area contributed by atoms with E-state index in [-0.39, 0.29) is 0 Å². The van der Waals surface area contributed by atoms with Gasteiger partial charge in [0.25, 0.3) is 0 Å². The highest BCUT2D eigenvalue weighted by atomic mass is 35.5. The summed E-state index contributed by atoms with van der Waals surface area (Å²) in [5, 5.41) is 4.24. The highest BCUT2D eigenvalue weighted by Crippen LogP contribution is 2.46. The summed E-state index contributed by atoms with van der Waals surface area (Å²) in [5.74, 6) is 0. The van der Waals surface area contributed by atoms with Crippen LogP contribution in [0.5, 0.6) is 0 Å². The van der Waals surface area contributed by atoms with Crippen LogP contribution in [-0.4, -0.2) is 26.9 Å². The fourth-order valence-electron chi connectivity index (χ4n) is 2.11. The Morgan fingerprint density at radius 2 is 2.28 bits per heavy atom. The normalized spacial score (nSPS) is 17.2. The quantitative estimate of drug-likeness (QED) is 0.914. The lowest BCUT2D eigenvalue weighted by molar-refractivity contribution is 0.655. The number of nitrogens with zero attached hydrogens (tertiary/aromatic N) is 2. The minimum absolute atomic E-state index is 0.502. The van der Waals surface area contributed by atoms with Gasteiger partial charge >= 0.3 is 0 Å². The number of fused-ring (bicyclic) bond motifs is 1. The summed E-state index contributed by atoms with van der Waals surface area (Å²) in [6.07, 6.45) is 8.79. The molecule has 0 bridgehead atoms. The number of hydrogen-bond acceptors (Lipinski definition) is 3. The van der Waals surface area contributed by atoms with Gasteiger partial charge in [-0.1, -0.05) is 11.6 Å². The van der Waals surface area contributed by atoms with Crippen molar-refractivity contribution in [2.24, 2.45) is 0 Å². The van der Waals surface area contributed by atoms with Crippen LogP contribution in [0.25, 0.3) is 5.65 Å². The Labute approximate surface area is 116 Å². The lowest BCUT2D eigenvalue weighted by Gasteiger charge is -2.11. The first kappa shape index (κ1) is 12.3. The maximum Gasteiger partial charge on any atom is 0.137 e. The third kappa shape index (κ3) is 2.51. The van der Waals surface area contributed by atoms with Gasteiger partial charge in [-0.3, -0.25) is 0 Å². The number of halogens is 1. The van der Waals surface area contributed by atoms with E-state index >= 15 is 0 Å². The lowest BCUT2D eigenvalue weighted by atomic mass is 10.4. The summed E-state index contributed by atoms with van der Waals surface area (Å²) in [6, 6.07) is 3.81. The maximum atomic E-state index is 5.95. The van der Waals surface area contributed by atoms with Crippen molar-refractivity contribution in [1.29, 1.82) is 0 Å². The molecule has 1 aliphatic carbocycles. The molecule has 5 heteroatoms. The van der Waals surface area contributed by atoms with Crippen molar-refractivity contribution in [1.82, 2.24) is 14.7 Å². The van der Waals surface area contributed by atoms with E-state index in [4.69, 9.17) is 11.6 Å². The Balaban J connectivity index is 1.64. The second-order valence-electron chi connectivity index (χ2n) is 4.84. The molecular formula is C13H16ClN3S. The van der Waals surface area contributed by atoms with E-state index in [9.17, 15) is 0 Å². The van der Waals surface area contributed by atoms with Gasteiger partial charge in [0, 0.05) is 30.2 Å². The first-order valence-corrected chi connectivity index (χ1v) is 7.70. The van der Waals surface area contributed by atoms with E-state index in [1.807, 2.05) is 40.7 Å². The minimum Gasteiger partial charge on any atom is -0.310 e. The number of rotatable bonds is 5. The Hall–Kier alpha value is -0.710. The van der Waals surface area contributed by atoms with Gasteiger partial charge in [0.1, 0.15) is 5.65 Å². The summed E-state index contributed by atoms with van der Waals surface area (Å²) in [6.45, 7) is 1.89. The summed E-state index contributed by atoms with van der Waals surface area (Å²) in [4.78, 5) is 4.55. The van der Waals surface area contributed by atoms with Crippen LogP contribution in [0.15, 0.2) is 24.5 Å². The number of hydrogen-bond donors (Lipinski definition) is 1. The third-order valence-corrected chi connectivity index (χ3v) is 5.10. The molecule has 2 aromatic heterocycles. The molecule has 0 unspecified atom stereocenters. The molecule has 0 atom stereocenters. The standard InChI is InChI=1S/C13H16ClN3S/c1-18-13(4-5-13)9-15-6-11-8-17-7-10(14)2-3-12(17)16-11/h2-3,7-8,15H,4-6,9H2,1H3. The predicted octanol–water partition coefficient (Wildman–Crippen LogP) is 2.97. The van der Waals surface area contributed by atoms with Gasteiger partial charge in [0.05, 0.1) is 10.7 Å². The Morgan fingerprint density at radius 3 is 3.00 bits per heavy atom. The molecule has 0 amide bonds. The summed E-state index contributed by atoms with van der Waals surface area (Å²) in [7, 11) is 0. The molecule has 3 nitrogen and oxygen atoms in total. The molecule has 1 saturated carbocycles. The van der Waals surface area contributed by atoms with Crippen LogP contribution < -0.4 is 5.32 Å². The van der Waals surface area contributed by atoms with Crippen molar-refractivity contribution in [2.45, 2.75) is 24.1 Å². The van der Waals surface area contributed by atoms with Crippen LogP contribution in [0.2, 0.25) is 5.02 Å². The second kappa shape index (κ2) is 4.76. The molecule has 0 aromatic carbocycles. The molecule has 96 valence electrons. The fourth-order valence-corrected chi connectivity index (χ4v) is 3.04. The molecular weight excluding hydrogens is 266 g/mol. The molecule has 0 aliphatic heterocycles. The van der Waals surface area contributed by atoms with E-state index in [0.29, 0.717) is 4.75 Å². The lowest BCUT2D eigenvalue weighted by Crippen LogP contribution is -2.25. The Morgan fingerprint density at radius 1 is 1.44 bits per heavy atom. The number of nitrogens with one attached hydrogen (secondary N) is 1. The van der Waals surface area contributed by atoms with Crippen molar-refractivity contribution in [3.63, 3.8) is 0 Å². The van der Waals surface area contributed by atoms with Crippen molar-refractivity contribution < 1.29 is 0 Å². The van der Waals surface area contributed by atoms with Gasteiger partial charge < -0.3 is 9.72 Å². The van der Waals surface area contributed by atoms with E-state index in [1.54, 1.807) is 0 Å². The van der Waals surface area contributed by atoms with Crippen LogP contribution in [0.4, 0.5) is 0 Å². The van der Waals surface area contributed by atoms with Gasteiger partial charge in [0.2, 0.25) is 0 Å². The van der Waals surface area contributed by atoms with Crippen LogP contribution >= 0.6 is 23.4 Å². The number of pyridine rings is 1. The maximum absolute atomic E-state index is 5.95. The molecule has 18 heavy (non-hydrogen) atoms. The number of thioether (sulfide) groups is 1. The van der Waals surface area contributed by atoms with Crippen LogP contribution in [0, 0.1) is 0 Å². The van der Waals surface area contributed by atoms with Crippen molar-refractivity contribution in [3.05, 3.63) is 35.2 Å². The number of imidazole rings is 1. The highest BCUT2D eigenvalue weighted by molar-refractivity contribution is 8.00. The van der Waals surface area contributed by atoms with E-state index in [0.717, 1.165) is 29.5 Å². The molecule has 1 N–H and O–H groups in total. The summed E-state index contributed by atoms with van der Waals surface area (Å²) in [5.41, 5.74) is 2.01. The molecule has 0 spiro atoms. The van der Waals surface area contributed by atoms with Gasteiger partial charge in [-0.2, -0.15) is 11.8 Å². The molecule has 0 saturated heterocycles. The van der Waals surface area contributed by atoms with Crippen LogP contribution in [0.3, 0.4) is 0 Å². The number of aromatic nitrogens is 2. The monoisotopic (exact) mass is 281 g/mol. The van der Waals surface area contributed by atoms with Gasteiger partial charge in [-0.25, -0.2) is 4.98 Å². The van der Waals surface area contributed by atoms with Crippen LogP contribution in [-0.2, 0) is 6.54 Å². The van der Waals surface area contributed by atoms with Crippen molar-refractivity contribution in [2.75, 3.05) is 12.8 Å². The van der Waals surface area contributed by atoms with Crippen molar-refractivity contribution in [3.8, 4) is 0 Å². The zero-order valence-corrected chi connectivity index (χ0v) is 11.9. The molecule has 2 heterocycles. The molecule has 0 radical (unpaired) electrons. The van der Waals surface area contributed by atoms with E-state index in [2.05, 4.69) is 16.6 Å². The third-order valence-electron chi connectivity index (χ3n) is 3.46. The average Bonchev–Trinajstić information content (AvgIpc) is 3.02. The van der Waals surface area contributed by atoms with E-state index in [1.165, 1.54) is 12.8 Å². The minimum atomic E-state index is 0.502. The largest absolute Gasteiger partial charge is 0.310 e. The topological polar surface area (TPSA) is 29.3 Å². The first-order chi connectivity index (χ1) is 8.71. The second-order valence-corrected chi connectivity index (χ2v) is 6.55. The van der Waals surface area contributed by atoms with Gasteiger partial charge in [0.15, 0.2) is 0 Å². The predicted molar refractivity (Wildman–Crippen MR) is 77.4 cm³/mol. The SMILES string of the molecule is CSC1(CNCc2cn3cc(Cl)ccc3n2)CC1. The molecule has 2 aromatic rings. The zero-order valence-electron chi connectivity index (χ0n) is 10.3. The Kier molecular flexibility index (Phi) is 3.26.